The van der Waals surface area contributed by atoms with E-state index < -0.39 is 0 Å². The van der Waals surface area contributed by atoms with E-state index in [2.05, 4.69) is 16.3 Å². The first-order valence-electron chi connectivity index (χ1n) is 9.83. The summed E-state index contributed by atoms with van der Waals surface area (Å²) in [6.45, 7) is 6.33. The van der Waals surface area contributed by atoms with Gasteiger partial charge in [-0.2, -0.15) is 0 Å². The second kappa shape index (κ2) is 9.80. The highest BCUT2D eigenvalue weighted by Crippen LogP contribution is 2.24. The fraction of sp³-hybridized carbons (Fsp3) is 0.409. The lowest BCUT2D eigenvalue weighted by molar-refractivity contribution is -0.914. The normalized spacial score (nSPS) is 15.9. The number of benzene rings is 2. The Labute approximate surface area is 172 Å². The van der Waals surface area contributed by atoms with E-state index in [1.165, 1.54) is 10.5 Å². The van der Waals surface area contributed by atoms with Gasteiger partial charge in [0.2, 0.25) is 0 Å². The van der Waals surface area contributed by atoms with Gasteiger partial charge in [-0.15, -0.1) is 0 Å². The van der Waals surface area contributed by atoms with Crippen LogP contribution in [0.2, 0.25) is 5.02 Å². The lowest BCUT2D eigenvalue weighted by Crippen LogP contribution is -3.19. The number of quaternary nitrogens is 1. The van der Waals surface area contributed by atoms with Crippen LogP contribution in [0.1, 0.15) is 12.5 Å². The van der Waals surface area contributed by atoms with Crippen LogP contribution in [0.4, 0.5) is 5.69 Å². The van der Waals surface area contributed by atoms with Crippen molar-refractivity contribution in [3.8, 4) is 5.75 Å². The van der Waals surface area contributed by atoms with Gasteiger partial charge < -0.3 is 19.9 Å². The quantitative estimate of drug-likeness (QED) is 0.742. The van der Waals surface area contributed by atoms with Gasteiger partial charge in [-0.25, -0.2) is 0 Å². The average molecular weight is 403 g/mol. The number of nitrogens with zero attached hydrogens (tertiary/aromatic N) is 1. The first-order valence-corrected chi connectivity index (χ1v) is 10.2. The van der Waals surface area contributed by atoms with Crippen molar-refractivity contribution in [2.45, 2.75) is 19.4 Å². The van der Waals surface area contributed by atoms with Crippen LogP contribution in [0.5, 0.6) is 5.75 Å². The highest BCUT2D eigenvalue weighted by molar-refractivity contribution is 6.33. The minimum absolute atomic E-state index is 0.0516. The third kappa shape index (κ3) is 5.18. The van der Waals surface area contributed by atoms with Crippen LogP contribution < -0.4 is 19.9 Å². The van der Waals surface area contributed by atoms with Crippen LogP contribution in [0, 0.1) is 0 Å². The molecule has 0 radical (unpaired) electrons. The number of methoxy groups -OCH3 is 1. The van der Waals surface area contributed by atoms with Crippen molar-refractivity contribution in [1.29, 1.82) is 0 Å². The zero-order chi connectivity index (χ0) is 19.9. The van der Waals surface area contributed by atoms with Gasteiger partial charge in [-0.1, -0.05) is 35.9 Å². The first-order chi connectivity index (χ1) is 13.6. The Balaban J connectivity index is 1.43. The number of ether oxygens (including phenoxy) is 1. The molecule has 1 saturated heterocycles. The Kier molecular flexibility index (Phi) is 7.18. The van der Waals surface area contributed by atoms with E-state index in [0.717, 1.165) is 49.1 Å². The van der Waals surface area contributed by atoms with E-state index in [0.29, 0.717) is 6.54 Å². The third-order valence-electron chi connectivity index (χ3n) is 5.48. The van der Waals surface area contributed by atoms with Crippen LogP contribution in [-0.2, 0) is 11.2 Å². The summed E-state index contributed by atoms with van der Waals surface area (Å²) >= 11 is 6.31. The fourth-order valence-corrected chi connectivity index (χ4v) is 3.89. The van der Waals surface area contributed by atoms with E-state index >= 15 is 0 Å². The Morgan fingerprint density at radius 2 is 1.86 bits per heavy atom. The summed E-state index contributed by atoms with van der Waals surface area (Å²) in [5.41, 5.74) is 2.27. The first kappa shape index (κ1) is 20.5. The summed E-state index contributed by atoms with van der Waals surface area (Å²) in [6, 6.07) is 15.9. The summed E-state index contributed by atoms with van der Waals surface area (Å²) in [5, 5.41) is 3.87. The minimum Gasteiger partial charge on any atom is -0.497 e. The number of piperazine rings is 1. The zero-order valence-corrected chi connectivity index (χ0v) is 17.3. The van der Waals surface area contributed by atoms with Crippen molar-refractivity contribution in [3.63, 3.8) is 0 Å². The molecule has 6 heteroatoms. The molecule has 0 aromatic heterocycles. The second-order valence-corrected chi connectivity index (χ2v) is 7.61. The third-order valence-corrected chi connectivity index (χ3v) is 5.80. The van der Waals surface area contributed by atoms with E-state index in [4.69, 9.17) is 16.3 Å². The molecule has 1 heterocycles. The highest BCUT2D eigenvalue weighted by Gasteiger charge is 2.29. The summed E-state index contributed by atoms with van der Waals surface area (Å²) in [6.07, 6.45) is 0.818. The number of carbonyl (C=O) groups is 1. The average Bonchev–Trinajstić information content (AvgIpc) is 2.74. The number of nitrogens with one attached hydrogen (secondary N) is 2. The largest absolute Gasteiger partial charge is 0.497 e. The number of halogens is 1. The summed E-state index contributed by atoms with van der Waals surface area (Å²) < 4.78 is 5.17. The zero-order valence-electron chi connectivity index (χ0n) is 16.6. The molecule has 1 atom stereocenters. The standard InChI is InChI=1S/C22H28ClN3O2/c1-17(22(27)24-12-11-18-7-9-19(28-2)10-8-18)25-13-15-26(16-14-25)21-6-4-3-5-20(21)23/h3-10,17H,11-16H2,1-2H3,(H,24,27)/p+1/t17-/m0/s1. The number of anilines is 1. The van der Waals surface area contributed by atoms with Crippen molar-refractivity contribution < 1.29 is 14.4 Å². The van der Waals surface area contributed by atoms with E-state index in [9.17, 15) is 4.79 Å². The van der Waals surface area contributed by atoms with Crippen LogP contribution >= 0.6 is 11.6 Å². The molecule has 0 saturated carbocycles. The molecule has 2 N–H and O–H groups in total. The molecule has 0 aliphatic carbocycles. The minimum atomic E-state index is -0.0516. The molecule has 1 amide bonds. The number of para-hydroxylation sites is 1. The Morgan fingerprint density at radius 1 is 1.18 bits per heavy atom. The van der Waals surface area contributed by atoms with Crippen LogP contribution in [-0.4, -0.2) is 51.8 Å². The van der Waals surface area contributed by atoms with Gasteiger partial charge >= 0.3 is 0 Å². The molecule has 150 valence electrons. The smallest absolute Gasteiger partial charge is 0.278 e. The number of hydrogen-bond acceptors (Lipinski definition) is 3. The maximum Gasteiger partial charge on any atom is 0.278 e. The monoisotopic (exact) mass is 402 g/mol. The Morgan fingerprint density at radius 3 is 2.50 bits per heavy atom. The van der Waals surface area contributed by atoms with Crippen LogP contribution in [0.25, 0.3) is 0 Å². The number of hydrogen-bond donors (Lipinski definition) is 2. The van der Waals surface area contributed by atoms with Crippen molar-refractivity contribution in [2.75, 3.05) is 44.7 Å². The molecule has 5 nitrogen and oxygen atoms in total. The predicted molar refractivity (Wildman–Crippen MR) is 114 cm³/mol. The number of amides is 1. The van der Waals surface area contributed by atoms with Crippen LogP contribution in [0.15, 0.2) is 48.5 Å². The summed E-state index contributed by atoms with van der Waals surface area (Å²) in [4.78, 5) is 16.2. The van der Waals surface area contributed by atoms with Crippen molar-refractivity contribution in [3.05, 3.63) is 59.1 Å². The van der Waals surface area contributed by atoms with Gasteiger partial charge in [0, 0.05) is 6.54 Å². The fourth-order valence-electron chi connectivity index (χ4n) is 3.64. The molecule has 1 aliphatic rings. The number of carbonyl (C=O) groups excluding carboxylic acids is 1. The van der Waals surface area contributed by atoms with Crippen molar-refractivity contribution in [1.82, 2.24) is 5.32 Å². The molecular formula is C22H29ClN3O2+. The molecule has 0 bridgehead atoms. The Bertz CT molecular complexity index is 774. The number of rotatable bonds is 7. The molecule has 28 heavy (non-hydrogen) atoms. The molecule has 1 fully saturated rings. The Hall–Kier alpha value is -2.24. The van der Waals surface area contributed by atoms with Crippen molar-refractivity contribution in [2.24, 2.45) is 0 Å². The SMILES string of the molecule is COc1ccc(CCNC(=O)[C@H](C)[NH+]2CCN(c3ccccc3Cl)CC2)cc1. The molecular weight excluding hydrogens is 374 g/mol. The topological polar surface area (TPSA) is 46.0 Å². The van der Waals surface area contributed by atoms with Crippen LogP contribution in [0.3, 0.4) is 0 Å². The molecule has 0 unspecified atom stereocenters. The van der Waals surface area contributed by atoms with Gasteiger partial charge in [0.05, 0.1) is 44.0 Å². The summed E-state index contributed by atoms with van der Waals surface area (Å²) in [7, 11) is 1.66. The molecule has 1 aliphatic heterocycles. The van der Waals surface area contributed by atoms with Gasteiger partial charge in [0.25, 0.3) is 5.91 Å². The van der Waals surface area contributed by atoms with Crippen molar-refractivity contribution >= 4 is 23.2 Å². The predicted octanol–water partition coefficient (Wildman–Crippen LogP) is 1.80. The highest BCUT2D eigenvalue weighted by atomic mass is 35.5. The maximum atomic E-state index is 12.6. The second-order valence-electron chi connectivity index (χ2n) is 7.21. The van der Waals surface area contributed by atoms with Gasteiger partial charge in [-0.05, 0) is 43.2 Å². The molecule has 3 rings (SSSR count). The van der Waals surface area contributed by atoms with Gasteiger partial charge in [0.15, 0.2) is 6.04 Å². The molecule has 0 spiro atoms. The molecule has 2 aromatic rings. The molecule has 2 aromatic carbocycles. The van der Waals surface area contributed by atoms with E-state index in [1.807, 2.05) is 49.4 Å². The lowest BCUT2D eigenvalue weighted by Gasteiger charge is -2.36. The van der Waals surface area contributed by atoms with Gasteiger partial charge in [0.1, 0.15) is 5.75 Å². The van der Waals surface area contributed by atoms with Gasteiger partial charge in [-0.3, -0.25) is 4.79 Å². The van der Waals surface area contributed by atoms with E-state index in [-0.39, 0.29) is 11.9 Å². The summed E-state index contributed by atoms with van der Waals surface area (Å²) in [5.74, 6) is 0.968. The van der Waals surface area contributed by atoms with E-state index in [1.54, 1.807) is 7.11 Å². The lowest BCUT2D eigenvalue weighted by atomic mass is 10.1. The maximum absolute atomic E-state index is 12.6.